The molecule has 60 valence electrons. The van der Waals surface area contributed by atoms with Crippen molar-refractivity contribution in [1.29, 1.82) is 0 Å². The van der Waals surface area contributed by atoms with Crippen LogP contribution in [-0.2, 0) is 5.41 Å². The lowest BCUT2D eigenvalue weighted by atomic mass is 9.96. The molecule has 0 amide bonds. The van der Waals surface area contributed by atoms with Gasteiger partial charge in [0.25, 0.3) is 5.95 Å². The Hall–Kier alpha value is -1.26. The Morgan fingerprint density at radius 2 is 1.45 bits per heavy atom. The van der Waals surface area contributed by atoms with Crippen LogP contribution in [0.2, 0.25) is 0 Å². The van der Waals surface area contributed by atoms with Crippen molar-refractivity contribution in [1.82, 2.24) is 20.4 Å². The molecule has 1 heterocycles. The Morgan fingerprint density at radius 1 is 1.00 bits per heavy atom. The number of hydrogen-bond acceptors (Lipinski definition) is 5. The van der Waals surface area contributed by atoms with Gasteiger partial charge in [-0.05, 0) is 0 Å². The van der Waals surface area contributed by atoms with Crippen LogP contribution in [-0.4, -0.2) is 20.4 Å². The zero-order valence-corrected chi connectivity index (χ0v) is 6.87. The molecule has 0 fully saturated rings. The van der Waals surface area contributed by atoms with Crippen molar-refractivity contribution in [3.05, 3.63) is 5.82 Å². The maximum Gasteiger partial charge on any atom is 0.259 e. The highest BCUT2D eigenvalue weighted by atomic mass is 15.3. The highest BCUT2D eigenvalue weighted by Gasteiger charge is 2.17. The minimum Gasteiger partial charge on any atom is -0.365 e. The van der Waals surface area contributed by atoms with Gasteiger partial charge in [-0.1, -0.05) is 20.8 Å². The van der Waals surface area contributed by atoms with E-state index in [1.807, 2.05) is 20.8 Å². The van der Waals surface area contributed by atoms with Gasteiger partial charge < -0.3 is 5.73 Å². The molecule has 0 aliphatic heterocycles. The van der Waals surface area contributed by atoms with E-state index in [-0.39, 0.29) is 11.4 Å². The molecule has 5 nitrogen and oxygen atoms in total. The molecule has 0 aliphatic carbocycles. The highest BCUT2D eigenvalue weighted by molar-refractivity contribution is 5.08. The molecule has 0 atom stereocenters. The molecule has 1 aromatic heterocycles. The van der Waals surface area contributed by atoms with Gasteiger partial charge in [0.1, 0.15) is 0 Å². The van der Waals surface area contributed by atoms with Crippen LogP contribution < -0.4 is 5.73 Å². The van der Waals surface area contributed by atoms with Gasteiger partial charge in [-0.25, -0.2) is 0 Å². The van der Waals surface area contributed by atoms with Crippen molar-refractivity contribution < 1.29 is 0 Å². The first-order chi connectivity index (χ1) is 5.00. The van der Waals surface area contributed by atoms with E-state index in [0.717, 1.165) is 0 Å². The number of rotatable bonds is 0. The summed E-state index contributed by atoms with van der Waals surface area (Å²) in [5.41, 5.74) is 5.11. The second-order valence-corrected chi connectivity index (χ2v) is 3.33. The zero-order valence-electron chi connectivity index (χ0n) is 6.87. The Balaban J connectivity index is 2.99. The molecule has 11 heavy (non-hydrogen) atoms. The van der Waals surface area contributed by atoms with Gasteiger partial charge in [-0.15, -0.1) is 20.4 Å². The number of nitrogens with two attached hydrogens (primary N) is 1. The van der Waals surface area contributed by atoms with Gasteiger partial charge in [0.15, 0.2) is 5.82 Å². The summed E-state index contributed by atoms with van der Waals surface area (Å²) < 4.78 is 0. The summed E-state index contributed by atoms with van der Waals surface area (Å²) in [6.07, 6.45) is 0. The summed E-state index contributed by atoms with van der Waals surface area (Å²) in [5, 5.41) is 14.8. The van der Waals surface area contributed by atoms with E-state index in [1.54, 1.807) is 0 Å². The fourth-order valence-corrected chi connectivity index (χ4v) is 0.537. The third-order valence-corrected chi connectivity index (χ3v) is 1.17. The van der Waals surface area contributed by atoms with Crippen molar-refractivity contribution in [2.45, 2.75) is 26.2 Å². The summed E-state index contributed by atoms with van der Waals surface area (Å²) in [4.78, 5) is 0. The van der Waals surface area contributed by atoms with E-state index >= 15 is 0 Å². The molecule has 0 saturated carbocycles. The molecule has 0 saturated heterocycles. The van der Waals surface area contributed by atoms with Crippen molar-refractivity contribution in [2.75, 3.05) is 5.73 Å². The number of anilines is 1. The largest absolute Gasteiger partial charge is 0.365 e. The summed E-state index contributed by atoms with van der Waals surface area (Å²) in [6.45, 7) is 5.96. The number of nitrogen functional groups attached to an aromatic ring is 1. The van der Waals surface area contributed by atoms with Crippen LogP contribution in [0.15, 0.2) is 0 Å². The predicted molar refractivity (Wildman–Crippen MR) is 40.7 cm³/mol. The first-order valence-corrected chi connectivity index (χ1v) is 3.33. The average molecular weight is 153 g/mol. The Kier molecular flexibility index (Phi) is 1.72. The molecule has 0 spiro atoms. The molecule has 0 bridgehead atoms. The Labute approximate surface area is 65.0 Å². The van der Waals surface area contributed by atoms with Gasteiger partial charge in [-0.2, -0.15) is 0 Å². The van der Waals surface area contributed by atoms with E-state index in [0.29, 0.717) is 5.82 Å². The number of nitrogens with zero attached hydrogens (tertiary/aromatic N) is 4. The lowest BCUT2D eigenvalue weighted by molar-refractivity contribution is 0.520. The number of hydrogen-bond donors (Lipinski definition) is 1. The van der Waals surface area contributed by atoms with Crippen LogP contribution in [0.25, 0.3) is 0 Å². The normalized spacial score (nSPS) is 11.5. The fraction of sp³-hybridized carbons (Fsp3) is 0.667. The Bertz CT molecular complexity index is 234. The van der Waals surface area contributed by atoms with Crippen molar-refractivity contribution in [3.63, 3.8) is 0 Å². The summed E-state index contributed by atoms with van der Waals surface area (Å²) in [6, 6.07) is 0. The molecular weight excluding hydrogens is 142 g/mol. The molecular formula is C6H11N5. The van der Waals surface area contributed by atoms with Gasteiger partial charge in [0.2, 0.25) is 0 Å². The first-order valence-electron chi connectivity index (χ1n) is 3.33. The summed E-state index contributed by atoms with van der Waals surface area (Å²) in [5.74, 6) is 0.713. The second kappa shape index (κ2) is 2.41. The van der Waals surface area contributed by atoms with Gasteiger partial charge in [-0.3, -0.25) is 0 Å². The highest BCUT2D eigenvalue weighted by Crippen LogP contribution is 2.15. The van der Waals surface area contributed by atoms with Gasteiger partial charge in [0.05, 0.1) is 0 Å². The summed E-state index contributed by atoms with van der Waals surface area (Å²) in [7, 11) is 0. The third-order valence-electron chi connectivity index (χ3n) is 1.17. The quantitative estimate of drug-likeness (QED) is 0.573. The SMILES string of the molecule is CC(C)(C)c1nnc(N)nn1. The van der Waals surface area contributed by atoms with Crippen LogP contribution in [0.4, 0.5) is 5.95 Å². The van der Waals surface area contributed by atoms with Gasteiger partial charge in [0, 0.05) is 5.41 Å². The Morgan fingerprint density at radius 3 is 1.82 bits per heavy atom. The van der Waals surface area contributed by atoms with E-state index in [1.165, 1.54) is 0 Å². The second-order valence-electron chi connectivity index (χ2n) is 3.33. The van der Waals surface area contributed by atoms with Crippen molar-refractivity contribution >= 4 is 5.95 Å². The first kappa shape index (κ1) is 7.84. The zero-order chi connectivity index (χ0) is 8.48. The maximum atomic E-state index is 5.22. The third kappa shape index (κ3) is 1.83. The number of aromatic nitrogens is 4. The van der Waals surface area contributed by atoms with Crippen molar-refractivity contribution in [2.24, 2.45) is 0 Å². The summed E-state index contributed by atoms with van der Waals surface area (Å²) >= 11 is 0. The topological polar surface area (TPSA) is 77.6 Å². The molecule has 2 N–H and O–H groups in total. The molecule has 1 aromatic rings. The lowest BCUT2D eigenvalue weighted by Crippen LogP contribution is -2.18. The van der Waals surface area contributed by atoms with Crippen LogP contribution >= 0.6 is 0 Å². The molecule has 1 rings (SSSR count). The molecule has 0 radical (unpaired) electrons. The smallest absolute Gasteiger partial charge is 0.259 e. The fourth-order valence-electron chi connectivity index (χ4n) is 0.537. The molecule has 0 unspecified atom stereocenters. The van der Waals surface area contributed by atoms with Crippen LogP contribution in [0.5, 0.6) is 0 Å². The van der Waals surface area contributed by atoms with E-state index in [9.17, 15) is 0 Å². The monoisotopic (exact) mass is 153 g/mol. The van der Waals surface area contributed by atoms with Crippen molar-refractivity contribution in [3.8, 4) is 0 Å². The van der Waals surface area contributed by atoms with Crippen LogP contribution in [0, 0.1) is 0 Å². The van der Waals surface area contributed by atoms with Gasteiger partial charge >= 0.3 is 0 Å². The van der Waals surface area contributed by atoms with E-state index < -0.39 is 0 Å². The average Bonchev–Trinajstić information content (AvgIpc) is 1.86. The molecule has 0 aliphatic rings. The van der Waals surface area contributed by atoms with E-state index in [2.05, 4.69) is 20.4 Å². The lowest BCUT2D eigenvalue weighted by Gasteiger charge is -2.13. The standard InChI is InChI=1S/C6H11N5/c1-6(2,3)4-8-10-5(7)11-9-4/h1-3H3,(H2,7,10,11). The minimum absolute atomic E-state index is 0.109. The van der Waals surface area contributed by atoms with E-state index in [4.69, 9.17) is 5.73 Å². The predicted octanol–water partition coefficient (Wildman–Crippen LogP) is 0.146. The van der Waals surface area contributed by atoms with Crippen LogP contribution in [0.1, 0.15) is 26.6 Å². The van der Waals surface area contributed by atoms with Crippen LogP contribution in [0.3, 0.4) is 0 Å². The maximum absolute atomic E-state index is 5.22. The minimum atomic E-state index is -0.117. The molecule has 0 aromatic carbocycles. The molecule has 5 heteroatoms.